The first-order valence-corrected chi connectivity index (χ1v) is 8.35. The number of nitrogens with one attached hydrogen (secondary N) is 2. The normalized spacial score (nSPS) is 17.6. The zero-order valence-electron chi connectivity index (χ0n) is 12.0. The molecule has 1 aliphatic heterocycles. The van der Waals surface area contributed by atoms with Crippen molar-refractivity contribution in [1.82, 2.24) is 5.32 Å². The van der Waals surface area contributed by atoms with Crippen LogP contribution in [0.25, 0.3) is 0 Å². The van der Waals surface area contributed by atoms with E-state index in [2.05, 4.69) is 53.3 Å². The lowest BCUT2D eigenvalue weighted by molar-refractivity contribution is 0.552. The van der Waals surface area contributed by atoms with Gasteiger partial charge in [-0.3, -0.25) is 0 Å². The van der Waals surface area contributed by atoms with E-state index in [0.717, 1.165) is 26.1 Å². The lowest BCUT2D eigenvalue weighted by Crippen LogP contribution is -2.26. The van der Waals surface area contributed by atoms with Crippen LogP contribution in [0.2, 0.25) is 0 Å². The maximum absolute atomic E-state index is 3.66. The van der Waals surface area contributed by atoms with E-state index in [1.165, 1.54) is 28.1 Å². The summed E-state index contributed by atoms with van der Waals surface area (Å²) in [5.74, 6) is 0.637. The molecule has 1 atom stereocenters. The van der Waals surface area contributed by atoms with E-state index in [1.807, 2.05) is 11.3 Å². The third-order valence-electron chi connectivity index (χ3n) is 4.10. The highest BCUT2D eigenvalue weighted by Gasteiger charge is 2.18. The third-order valence-corrected chi connectivity index (χ3v) is 5.07. The van der Waals surface area contributed by atoms with Crippen LogP contribution < -0.4 is 10.6 Å². The molecule has 1 unspecified atom stereocenters. The molecule has 0 fully saturated rings. The topological polar surface area (TPSA) is 24.1 Å². The van der Waals surface area contributed by atoms with Gasteiger partial charge in [0.25, 0.3) is 0 Å². The smallest absolute Gasteiger partial charge is 0.0376 e. The van der Waals surface area contributed by atoms with Crippen LogP contribution in [0.15, 0.2) is 35.7 Å². The van der Waals surface area contributed by atoms with Gasteiger partial charge in [-0.2, -0.15) is 0 Å². The first-order valence-electron chi connectivity index (χ1n) is 7.47. The average molecular weight is 286 g/mol. The second kappa shape index (κ2) is 6.42. The molecule has 0 amide bonds. The second-order valence-electron chi connectivity index (χ2n) is 5.35. The molecule has 106 valence electrons. The van der Waals surface area contributed by atoms with E-state index in [4.69, 9.17) is 0 Å². The molecule has 2 N–H and O–H groups in total. The summed E-state index contributed by atoms with van der Waals surface area (Å²) in [4.78, 5) is 1.50. The van der Waals surface area contributed by atoms with Crippen molar-refractivity contribution in [2.75, 3.05) is 18.4 Å². The number of para-hydroxylation sites is 1. The van der Waals surface area contributed by atoms with Gasteiger partial charge < -0.3 is 10.6 Å². The highest BCUT2D eigenvalue weighted by molar-refractivity contribution is 7.10. The van der Waals surface area contributed by atoms with E-state index >= 15 is 0 Å². The van der Waals surface area contributed by atoms with Crippen molar-refractivity contribution in [3.8, 4) is 0 Å². The van der Waals surface area contributed by atoms with Gasteiger partial charge in [0.2, 0.25) is 0 Å². The van der Waals surface area contributed by atoms with E-state index in [-0.39, 0.29) is 0 Å². The summed E-state index contributed by atoms with van der Waals surface area (Å²) in [5.41, 5.74) is 4.28. The summed E-state index contributed by atoms with van der Waals surface area (Å²) in [6, 6.07) is 11.0. The van der Waals surface area contributed by atoms with Gasteiger partial charge in [-0.15, -0.1) is 11.3 Å². The van der Waals surface area contributed by atoms with Crippen LogP contribution in [0, 0.1) is 0 Å². The molecule has 1 aromatic carbocycles. The van der Waals surface area contributed by atoms with Crippen molar-refractivity contribution in [3.05, 3.63) is 51.7 Å². The van der Waals surface area contributed by atoms with Crippen molar-refractivity contribution in [1.29, 1.82) is 0 Å². The van der Waals surface area contributed by atoms with Crippen LogP contribution in [-0.4, -0.2) is 13.1 Å². The van der Waals surface area contributed by atoms with Crippen LogP contribution in [-0.2, 0) is 13.0 Å². The summed E-state index contributed by atoms with van der Waals surface area (Å²) in [5, 5.41) is 9.35. The summed E-state index contributed by atoms with van der Waals surface area (Å²) in [7, 11) is 0. The van der Waals surface area contributed by atoms with E-state index < -0.39 is 0 Å². The van der Waals surface area contributed by atoms with Crippen LogP contribution in [0.5, 0.6) is 0 Å². The second-order valence-corrected chi connectivity index (χ2v) is 6.35. The Morgan fingerprint density at radius 2 is 2.20 bits per heavy atom. The Morgan fingerprint density at radius 3 is 3.10 bits per heavy atom. The fourth-order valence-corrected chi connectivity index (χ4v) is 3.91. The molecule has 3 rings (SSSR count). The maximum Gasteiger partial charge on any atom is 0.0376 e. The average Bonchev–Trinajstić information content (AvgIpc) is 2.95. The van der Waals surface area contributed by atoms with Gasteiger partial charge in [-0.25, -0.2) is 0 Å². The van der Waals surface area contributed by atoms with Gasteiger partial charge in [-0.05, 0) is 41.5 Å². The molecule has 1 aromatic heterocycles. The minimum Gasteiger partial charge on any atom is -0.385 e. The molecule has 0 saturated heterocycles. The lowest BCUT2D eigenvalue weighted by Gasteiger charge is -2.27. The Kier molecular flexibility index (Phi) is 4.38. The third kappa shape index (κ3) is 2.89. The number of anilines is 1. The van der Waals surface area contributed by atoms with Gasteiger partial charge in [0.1, 0.15) is 0 Å². The Morgan fingerprint density at radius 1 is 1.30 bits per heavy atom. The number of thiophene rings is 1. The molecule has 2 aromatic rings. The molecule has 3 heteroatoms. The van der Waals surface area contributed by atoms with E-state index in [0.29, 0.717) is 5.92 Å². The van der Waals surface area contributed by atoms with Crippen LogP contribution in [0.4, 0.5) is 5.69 Å². The molecule has 20 heavy (non-hydrogen) atoms. The van der Waals surface area contributed by atoms with E-state index in [1.54, 1.807) is 0 Å². The quantitative estimate of drug-likeness (QED) is 0.868. The Hall–Kier alpha value is -1.32. The van der Waals surface area contributed by atoms with Crippen LogP contribution in [0.3, 0.4) is 0 Å². The summed E-state index contributed by atoms with van der Waals surface area (Å²) < 4.78 is 0. The Balaban J connectivity index is 1.60. The Labute approximate surface area is 125 Å². The molecule has 1 aliphatic rings. The maximum atomic E-state index is 3.66. The highest BCUT2D eigenvalue weighted by atomic mass is 32.1. The number of fused-ring (bicyclic) bond motifs is 1. The molecule has 0 aliphatic carbocycles. The number of benzene rings is 1. The Bertz CT molecular complexity index is 562. The van der Waals surface area contributed by atoms with Gasteiger partial charge in [0, 0.05) is 36.1 Å². The molecule has 0 spiro atoms. The number of hydrogen-bond donors (Lipinski definition) is 2. The molecule has 2 heterocycles. The van der Waals surface area contributed by atoms with Crippen molar-refractivity contribution >= 4 is 17.0 Å². The number of aryl methyl sites for hydroxylation is 1. The standard InChI is InChI=1S/C17H22N2S/c1-2-13-8-10-20-17(13)12-18-11-14-7-9-19-16-6-4-3-5-15(14)16/h3-6,8,10,14,18-19H,2,7,9,11-12H2,1H3. The largest absolute Gasteiger partial charge is 0.385 e. The van der Waals surface area contributed by atoms with Crippen molar-refractivity contribution < 1.29 is 0 Å². The monoisotopic (exact) mass is 286 g/mol. The van der Waals surface area contributed by atoms with Crippen molar-refractivity contribution in [2.24, 2.45) is 0 Å². The molecular formula is C17H22N2S. The molecule has 0 saturated carbocycles. The molecule has 2 nitrogen and oxygen atoms in total. The van der Waals surface area contributed by atoms with Crippen LogP contribution in [0.1, 0.15) is 35.3 Å². The zero-order chi connectivity index (χ0) is 13.8. The predicted octanol–water partition coefficient (Wildman–Crippen LogP) is 4.00. The molecule has 0 bridgehead atoms. The van der Waals surface area contributed by atoms with E-state index in [9.17, 15) is 0 Å². The van der Waals surface area contributed by atoms with Gasteiger partial charge >= 0.3 is 0 Å². The predicted molar refractivity (Wildman–Crippen MR) is 87.7 cm³/mol. The van der Waals surface area contributed by atoms with Crippen LogP contribution >= 0.6 is 11.3 Å². The summed E-state index contributed by atoms with van der Waals surface area (Å²) >= 11 is 1.87. The summed E-state index contributed by atoms with van der Waals surface area (Å²) in [6.07, 6.45) is 2.35. The first kappa shape index (κ1) is 13.7. The molecule has 0 radical (unpaired) electrons. The van der Waals surface area contributed by atoms with Gasteiger partial charge in [0.05, 0.1) is 0 Å². The lowest BCUT2D eigenvalue weighted by atomic mass is 9.91. The van der Waals surface area contributed by atoms with Gasteiger partial charge in [-0.1, -0.05) is 25.1 Å². The fourth-order valence-electron chi connectivity index (χ4n) is 2.96. The first-order chi connectivity index (χ1) is 9.88. The summed E-state index contributed by atoms with van der Waals surface area (Å²) in [6.45, 7) is 5.39. The minimum atomic E-state index is 0.637. The minimum absolute atomic E-state index is 0.637. The zero-order valence-corrected chi connectivity index (χ0v) is 12.8. The highest BCUT2D eigenvalue weighted by Crippen LogP contribution is 2.30. The molecular weight excluding hydrogens is 264 g/mol. The van der Waals surface area contributed by atoms with Gasteiger partial charge in [0.15, 0.2) is 0 Å². The van der Waals surface area contributed by atoms with Crippen molar-refractivity contribution in [3.63, 3.8) is 0 Å². The fraction of sp³-hybridized carbons (Fsp3) is 0.412. The SMILES string of the molecule is CCc1ccsc1CNCC1CCNc2ccccc21. The van der Waals surface area contributed by atoms with Crippen molar-refractivity contribution in [2.45, 2.75) is 32.2 Å². The number of rotatable bonds is 5. The number of hydrogen-bond acceptors (Lipinski definition) is 3.